The molecule has 0 fully saturated rings. The Morgan fingerprint density at radius 1 is 0.714 bits per heavy atom. The molecule has 3 aromatic carbocycles. The Morgan fingerprint density at radius 2 is 1.29 bits per heavy atom. The average molecular weight is 364 g/mol. The van der Waals surface area contributed by atoms with Crippen molar-refractivity contribution in [1.82, 2.24) is 0 Å². The lowest BCUT2D eigenvalue weighted by molar-refractivity contribution is 0.475. The fourth-order valence-corrected chi connectivity index (χ4v) is 2.85. The smallest absolute Gasteiger partial charge is 0.115 e. The number of phenols is 1. The van der Waals surface area contributed by atoms with Gasteiger partial charge in [-0.3, -0.25) is 0 Å². The van der Waals surface area contributed by atoms with Crippen molar-refractivity contribution in [3.63, 3.8) is 0 Å². The van der Waals surface area contributed by atoms with Gasteiger partial charge in [-0.1, -0.05) is 49.2 Å². The Balaban J connectivity index is 1.71. The van der Waals surface area contributed by atoms with Crippen LogP contribution in [0.25, 0.3) is 0 Å². The van der Waals surface area contributed by atoms with E-state index in [1.54, 1.807) is 12.1 Å². The van der Waals surface area contributed by atoms with Crippen molar-refractivity contribution in [2.24, 2.45) is 0 Å². The third kappa shape index (κ3) is 5.54. The van der Waals surface area contributed by atoms with E-state index in [1.165, 1.54) is 18.4 Å². The highest BCUT2D eigenvalue weighted by molar-refractivity contribution is 5.51. The van der Waals surface area contributed by atoms with Crippen LogP contribution in [0.4, 0.5) is 0 Å². The molecular formula is C27H24O. The maximum absolute atomic E-state index is 9.33. The fraction of sp³-hybridized carbons (Fsp3) is 0.185. The van der Waals surface area contributed by atoms with Gasteiger partial charge in [0.05, 0.1) is 0 Å². The van der Waals surface area contributed by atoms with E-state index < -0.39 is 0 Å². The van der Waals surface area contributed by atoms with Crippen LogP contribution in [0.15, 0.2) is 66.7 Å². The molecule has 0 saturated carbocycles. The molecule has 0 heterocycles. The Hall–Kier alpha value is -3.42. The quantitative estimate of drug-likeness (QED) is 0.579. The molecule has 0 aliphatic heterocycles. The predicted molar refractivity (Wildman–Crippen MR) is 116 cm³/mol. The molecule has 138 valence electrons. The summed E-state index contributed by atoms with van der Waals surface area (Å²) < 4.78 is 0. The third-order valence-corrected chi connectivity index (χ3v) is 4.56. The van der Waals surface area contributed by atoms with E-state index in [4.69, 9.17) is 0 Å². The Bertz CT molecular complexity index is 1050. The number of unbranched alkanes of at least 4 members (excludes halogenated alkanes) is 1. The number of benzene rings is 3. The second-order valence-corrected chi connectivity index (χ2v) is 6.88. The number of hydrogen-bond acceptors (Lipinski definition) is 1. The molecule has 3 rings (SSSR count). The Kier molecular flexibility index (Phi) is 6.56. The first kappa shape index (κ1) is 19.3. The van der Waals surface area contributed by atoms with E-state index in [0.717, 1.165) is 34.2 Å². The van der Waals surface area contributed by atoms with Crippen molar-refractivity contribution in [2.75, 3.05) is 0 Å². The SMILES string of the molecule is CCCCc1ccc(C#Cc2ccc(C#Cc3ccc(O)cc3)cc2C)cc1. The van der Waals surface area contributed by atoms with Crippen LogP contribution in [-0.4, -0.2) is 5.11 Å². The lowest BCUT2D eigenvalue weighted by Crippen LogP contribution is -1.86. The van der Waals surface area contributed by atoms with Gasteiger partial charge < -0.3 is 5.11 Å². The topological polar surface area (TPSA) is 20.2 Å². The van der Waals surface area contributed by atoms with Crippen LogP contribution in [0.2, 0.25) is 0 Å². The molecule has 0 atom stereocenters. The van der Waals surface area contributed by atoms with Gasteiger partial charge in [-0.15, -0.1) is 0 Å². The molecule has 0 bridgehead atoms. The van der Waals surface area contributed by atoms with Crippen LogP contribution < -0.4 is 0 Å². The molecule has 1 N–H and O–H groups in total. The predicted octanol–water partition coefficient (Wildman–Crippen LogP) is 5.84. The van der Waals surface area contributed by atoms with Crippen LogP contribution >= 0.6 is 0 Å². The molecule has 0 spiro atoms. The molecule has 0 aromatic heterocycles. The summed E-state index contributed by atoms with van der Waals surface area (Å²) in [5.41, 5.74) is 6.38. The summed E-state index contributed by atoms with van der Waals surface area (Å²) in [5, 5.41) is 9.33. The lowest BCUT2D eigenvalue weighted by Gasteiger charge is -2.00. The summed E-state index contributed by atoms with van der Waals surface area (Å²) in [4.78, 5) is 0. The first-order valence-corrected chi connectivity index (χ1v) is 9.67. The monoisotopic (exact) mass is 364 g/mol. The summed E-state index contributed by atoms with van der Waals surface area (Å²) in [5.74, 6) is 13.1. The van der Waals surface area contributed by atoms with E-state index in [1.807, 2.05) is 24.3 Å². The molecule has 0 radical (unpaired) electrons. The highest BCUT2D eigenvalue weighted by Gasteiger charge is 1.97. The van der Waals surface area contributed by atoms with E-state index in [-0.39, 0.29) is 5.75 Å². The molecule has 0 aliphatic carbocycles. The zero-order valence-electron chi connectivity index (χ0n) is 16.4. The number of aryl methyl sites for hydroxylation is 2. The molecule has 3 aromatic rings. The third-order valence-electron chi connectivity index (χ3n) is 4.56. The second-order valence-electron chi connectivity index (χ2n) is 6.88. The van der Waals surface area contributed by atoms with Crippen LogP contribution in [0, 0.1) is 30.6 Å². The summed E-state index contributed by atoms with van der Waals surface area (Å²) in [6, 6.07) is 21.5. The molecule has 1 nitrogen and oxygen atoms in total. The van der Waals surface area contributed by atoms with Gasteiger partial charge in [0.2, 0.25) is 0 Å². The first-order chi connectivity index (χ1) is 13.6. The fourth-order valence-electron chi connectivity index (χ4n) is 2.85. The molecule has 0 amide bonds. The zero-order valence-corrected chi connectivity index (χ0v) is 16.4. The van der Waals surface area contributed by atoms with E-state index in [9.17, 15) is 5.11 Å². The van der Waals surface area contributed by atoms with Crippen molar-refractivity contribution in [3.8, 4) is 29.4 Å². The van der Waals surface area contributed by atoms with Gasteiger partial charge in [-0.25, -0.2) is 0 Å². The zero-order chi connectivity index (χ0) is 19.8. The minimum absolute atomic E-state index is 0.250. The van der Waals surface area contributed by atoms with Gasteiger partial charge in [0, 0.05) is 22.3 Å². The number of aromatic hydroxyl groups is 1. The van der Waals surface area contributed by atoms with Gasteiger partial charge >= 0.3 is 0 Å². The number of phenolic OH excluding ortho intramolecular Hbond substituents is 1. The number of hydrogen-bond donors (Lipinski definition) is 1. The summed E-state index contributed by atoms with van der Waals surface area (Å²) in [6.07, 6.45) is 3.58. The molecule has 0 unspecified atom stereocenters. The molecule has 1 heteroatoms. The van der Waals surface area contributed by atoms with Crippen LogP contribution in [0.1, 0.15) is 53.1 Å². The van der Waals surface area contributed by atoms with Crippen LogP contribution in [-0.2, 0) is 6.42 Å². The molecule has 0 saturated heterocycles. The van der Waals surface area contributed by atoms with E-state index >= 15 is 0 Å². The van der Waals surface area contributed by atoms with Gasteiger partial charge in [0.15, 0.2) is 0 Å². The summed E-state index contributed by atoms with van der Waals surface area (Å²) >= 11 is 0. The summed E-state index contributed by atoms with van der Waals surface area (Å²) in [7, 11) is 0. The van der Waals surface area contributed by atoms with Crippen molar-refractivity contribution >= 4 is 0 Å². The van der Waals surface area contributed by atoms with E-state index in [2.05, 4.69) is 67.9 Å². The first-order valence-electron chi connectivity index (χ1n) is 9.67. The molecular weight excluding hydrogens is 340 g/mol. The van der Waals surface area contributed by atoms with Gasteiger partial charge in [-0.05, 0) is 85.5 Å². The normalized spacial score (nSPS) is 9.79. The highest BCUT2D eigenvalue weighted by atomic mass is 16.3. The lowest BCUT2D eigenvalue weighted by atomic mass is 10.0. The Morgan fingerprint density at radius 3 is 1.93 bits per heavy atom. The summed E-state index contributed by atoms with van der Waals surface area (Å²) in [6.45, 7) is 4.27. The van der Waals surface area contributed by atoms with Crippen molar-refractivity contribution in [2.45, 2.75) is 33.1 Å². The minimum Gasteiger partial charge on any atom is -0.508 e. The molecule has 28 heavy (non-hydrogen) atoms. The van der Waals surface area contributed by atoms with Gasteiger partial charge in [0.1, 0.15) is 5.75 Å². The van der Waals surface area contributed by atoms with E-state index in [0.29, 0.717) is 0 Å². The van der Waals surface area contributed by atoms with Crippen molar-refractivity contribution in [1.29, 1.82) is 0 Å². The van der Waals surface area contributed by atoms with Crippen molar-refractivity contribution < 1.29 is 5.11 Å². The second kappa shape index (κ2) is 9.50. The van der Waals surface area contributed by atoms with Crippen molar-refractivity contribution in [3.05, 3.63) is 100 Å². The van der Waals surface area contributed by atoms with Crippen LogP contribution in [0.5, 0.6) is 5.75 Å². The maximum Gasteiger partial charge on any atom is 0.115 e. The number of rotatable bonds is 3. The minimum atomic E-state index is 0.250. The highest BCUT2D eigenvalue weighted by Crippen LogP contribution is 2.12. The maximum atomic E-state index is 9.33. The van der Waals surface area contributed by atoms with Crippen LogP contribution in [0.3, 0.4) is 0 Å². The standard InChI is InChI=1S/C27H24O/c1-3-4-5-22-6-8-23(9-7-22)12-16-26-17-13-25(20-21(26)2)11-10-24-14-18-27(28)19-15-24/h6-9,13-15,17-20,28H,3-5H2,1-2H3. The Labute approximate surface area is 168 Å². The average Bonchev–Trinajstić information content (AvgIpc) is 2.72. The molecule has 0 aliphatic rings. The largest absolute Gasteiger partial charge is 0.508 e. The van der Waals surface area contributed by atoms with Gasteiger partial charge in [-0.2, -0.15) is 0 Å². The van der Waals surface area contributed by atoms with Gasteiger partial charge in [0.25, 0.3) is 0 Å².